The predicted molar refractivity (Wildman–Crippen MR) is 100 cm³/mol. The van der Waals surface area contributed by atoms with Gasteiger partial charge < -0.3 is 15.4 Å². The molecule has 2 heterocycles. The zero-order valence-corrected chi connectivity index (χ0v) is 14.8. The monoisotopic (exact) mass is 358 g/mol. The molecule has 1 aromatic carbocycles. The lowest BCUT2D eigenvalue weighted by Crippen LogP contribution is -2.32. The Kier molecular flexibility index (Phi) is 5.51. The lowest BCUT2D eigenvalue weighted by atomic mass is 10.1. The number of ether oxygens (including phenoxy) is 1. The summed E-state index contributed by atoms with van der Waals surface area (Å²) in [5.41, 5.74) is 1.82. The molecule has 3 rings (SSSR count). The van der Waals surface area contributed by atoms with E-state index in [0.717, 1.165) is 21.9 Å². The van der Waals surface area contributed by atoms with Crippen LogP contribution in [0.3, 0.4) is 0 Å². The number of hydrogen-bond donors (Lipinski definition) is 2. The van der Waals surface area contributed by atoms with Gasteiger partial charge in [0.25, 0.3) is 0 Å². The third kappa shape index (κ3) is 4.15. The van der Waals surface area contributed by atoms with Crippen molar-refractivity contribution in [1.82, 2.24) is 5.32 Å². The Morgan fingerprint density at radius 3 is 2.62 bits per heavy atom. The van der Waals surface area contributed by atoms with Crippen molar-refractivity contribution in [2.75, 3.05) is 11.9 Å². The second-order valence-corrected chi connectivity index (χ2v) is 6.82. The highest BCUT2D eigenvalue weighted by atomic mass is 32.1. The van der Waals surface area contributed by atoms with E-state index in [-0.39, 0.29) is 12.1 Å². The summed E-state index contributed by atoms with van der Waals surface area (Å²) in [5.74, 6) is 0.790. The van der Waals surface area contributed by atoms with Crippen LogP contribution in [-0.2, 0) is 0 Å². The van der Waals surface area contributed by atoms with E-state index in [9.17, 15) is 4.79 Å². The maximum atomic E-state index is 12.4. The van der Waals surface area contributed by atoms with Crippen LogP contribution in [0.4, 0.5) is 10.5 Å². The summed E-state index contributed by atoms with van der Waals surface area (Å²) in [7, 11) is 0. The molecule has 2 aromatic heterocycles. The first-order valence-electron chi connectivity index (χ1n) is 7.62. The normalized spacial score (nSPS) is 11.7. The molecule has 2 N–H and O–H groups in total. The zero-order valence-electron chi connectivity index (χ0n) is 13.2. The number of thiophene rings is 2. The van der Waals surface area contributed by atoms with E-state index in [4.69, 9.17) is 4.74 Å². The van der Waals surface area contributed by atoms with Crippen LogP contribution >= 0.6 is 22.7 Å². The Labute approximate surface area is 149 Å². The molecular weight excluding hydrogens is 340 g/mol. The second-order valence-electron chi connectivity index (χ2n) is 5.06. The summed E-state index contributed by atoms with van der Waals surface area (Å²) < 4.78 is 5.40. The molecule has 3 aromatic rings. The molecule has 124 valence electrons. The van der Waals surface area contributed by atoms with Crippen molar-refractivity contribution in [2.45, 2.75) is 13.0 Å². The van der Waals surface area contributed by atoms with Gasteiger partial charge in [-0.05, 0) is 65.0 Å². The molecule has 0 fully saturated rings. The molecule has 0 bridgehead atoms. The summed E-state index contributed by atoms with van der Waals surface area (Å²) in [5, 5.41) is 12.0. The number of benzene rings is 1. The Bertz CT molecular complexity index is 719. The number of carbonyl (C=O) groups excluding carboxylic acids is 1. The van der Waals surface area contributed by atoms with E-state index >= 15 is 0 Å². The first-order valence-corrected chi connectivity index (χ1v) is 9.44. The molecule has 0 aliphatic rings. The molecule has 4 nitrogen and oxygen atoms in total. The minimum absolute atomic E-state index is 0.140. The number of urea groups is 1. The zero-order chi connectivity index (χ0) is 16.8. The van der Waals surface area contributed by atoms with E-state index in [1.165, 1.54) is 0 Å². The average molecular weight is 358 g/mol. The van der Waals surface area contributed by atoms with Crippen LogP contribution in [0.1, 0.15) is 23.4 Å². The smallest absolute Gasteiger partial charge is 0.320 e. The number of anilines is 1. The first kappa shape index (κ1) is 16.5. The van der Waals surface area contributed by atoms with Crippen molar-refractivity contribution in [3.8, 4) is 5.75 Å². The highest BCUT2D eigenvalue weighted by molar-refractivity contribution is 7.10. The number of hydrogen-bond acceptors (Lipinski definition) is 4. The van der Waals surface area contributed by atoms with E-state index < -0.39 is 0 Å². The fourth-order valence-electron chi connectivity index (χ4n) is 2.31. The highest BCUT2D eigenvalue weighted by Crippen LogP contribution is 2.27. The van der Waals surface area contributed by atoms with E-state index in [0.29, 0.717) is 6.61 Å². The second kappa shape index (κ2) is 7.99. The minimum atomic E-state index is -0.233. The van der Waals surface area contributed by atoms with Gasteiger partial charge in [-0.15, -0.1) is 11.3 Å². The van der Waals surface area contributed by atoms with Gasteiger partial charge >= 0.3 is 6.03 Å². The molecule has 1 unspecified atom stereocenters. The molecule has 6 heteroatoms. The lowest BCUT2D eigenvalue weighted by molar-refractivity contribution is 0.250. The van der Waals surface area contributed by atoms with E-state index in [2.05, 4.69) is 16.0 Å². The van der Waals surface area contributed by atoms with Gasteiger partial charge in [0.1, 0.15) is 5.75 Å². The number of carbonyl (C=O) groups is 1. The Morgan fingerprint density at radius 2 is 2.00 bits per heavy atom. The van der Waals surface area contributed by atoms with Crippen LogP contribution in [0.2, 0.25) is 0 Å². The van der Waals surface area contributed by atoms with Crippen molar-refractivity contribution >= 4 is 34.4 Å². The van der Waals surface area contributed by atoms with Crippen molar-refractivity contribution in [3.63, 3.8) is 0 Å². The summed E-state index contributed by atoms with van der Waals surface area (Å²) in [6.07, 6.45) is 0. The van der Waals surface area contributed by atoms with Crippen molar-refractivity contribution in [2.24, 2.45) is 0 Å². The Morgan fingerprint density at radius 1 is 1.17 bits per heavy atom. The SMILES string of the molecule is CCOc1ccc(NC(=O)NC(c2ccsc2)c2cccs2)cc1. The van der Waals surface area contributed by atoms with Crippen molar-refractivity contribution in [3.05, 3.63) is 69.0 Å². The molecule has 0 aliphatic heterocycles. The van der Waals surface area contributed by atoms with Gasteiger partial charge in [-0.3, -0.25) is 0 Å². The lowest BCUT2D eigenvalue weighted by Gasteiger charge is -2.17. The van der Waals surface area contributed by atoms with Crippen molar-refractivity contribution < 1.29 is 9.53 Å². The first-order chi connectivity index (χ1) is 11.8. The predicted octanol–water partition coefficient (Wildman–Crippen LogP) is 5.12. The van der Waals surface area contributed by atoms with Crippen LogP contribution in [0, 0.1) is 0 Å². The van der Waals surface area contributed by atoms with Gasteiger partial charge in [0, 0.05) is 10.6 Å². The third-order valence-electron chi connectivity index (χ3n) is 3.40. The van der Waals surface area contributed by atoms with Gasteiger partial charge in [0.2, 0.25) is 0 Å². The van der Waals surface area contributed by atoms with Gasteiger partial charge in [-0.25, -0.2) is 4.79 Å². The van der Waals surface area contributed by atoms with Gasteiger partial charge in [0.05, 0.1) is 12.6 Å². The molecular formula is C18H18N2O2S2. The summed E-state index contributed by atoms with van der Waals surface area (Å²) in [4.78, 5) is 13.5. The fraction of sp³-hybridized carbons (Fsp3) is 0.167. The van der Waals surface area contributed by atoms with Crippen LogP contribution in [0.5, 0.6) is 5.75 Å². The molecule has 0 spiro atoms. The minimum Gasteiger partial charge on any atom is -0.494 e. The van der Waals surface area contributed by atoms with E-state index in [1.807, 2.05) is 60.1 Å². The maximum absolute atomic E-state index is 12.4. The molecule has 2 amide bonds. The van der Waals surface area contributed by atoms with Crippen LogP contribution in [0.25, 0.3) is 0 Å². The molecule has 1 atom stereocenters. The molecule has 0 aliphatic carbocycles. The highest BCUT2D eigenvalue weighted by Gasteiger charge is 2.18. The number of nitrogens with one attached hydrogen (secondary N) is 2. The van der Waals surface area contributed by atoms with Gasteiger partial charge in [0.15, 0.2) is 0 Å². The van der Waals surface area contributed by atoms with E-state index in [1.54, 1.807) is 22.7 Å². The third-order valence-corrected chi connectivity index (χ3v) is 5.04. The number of amides is 2. The van der Waals surface area contributed by atoms with Crippen LogP contribution in [-0.4, -0.2) is 12.6 Å². The molecule has 0 saturated carbocycles. The standard InChI is InChI=1S/C18H18N2O2S2/c1-2-22-15-7-5-14(6-8-15)19-18(21)20-17(13-9-11-23-12-13)16-4-3-10-24-16/h3-12,17H,2H2,1H3,(H2,19,20,21). The maximum Gasteiger partial charge on any atom is 0.320 e. The van der Waals surface area contributed by atoms with Crippen LogP contribution in [0.15, 0.2) is 58.6 Å². The molecule has 0 radical (unpaired) electrons. The van der Waals surface area contributed by atoms with Crippen LogP contribution < -0.4 is 15.4 Å². The average Bonchev–Trinajstić information content (AvgIpc) is 3.29. The Hall–Kier alpha value is -2.31. The molecule has 0 saturated heterocycles. The summed E-state index contributed by atoms with van der Waals surface area (Å²) >= 11 is 3.25. The summed E-state index contributed by atoms with van der Waals surface area (Å²) in [6, 6.07) is 13.0. The molecule has 24 heavy (non-hydrogen) atoms. The quantitative estimate of drug-likeness (QED) is 0.642. The van der Waals surface area contributed by atoms with Crippen molar-refractivity contribution in [1.29, 1.82) is 0 Å². The van der Waals surface area contributed by atoms with Gasteiger partial charge in [-0.2, -0.15) is 11.3 Å². The number of rotatable bonds is 6. The fourth-order valence-corrected chi connectivity index (χ4v) is 3.80. The van der Waals surface area contributed by atoms with Gasteiger partial charge in [-0.1, -0.05) is 6.07 Å². The largest absolute Gasteiger partial charge is 0.494 e. The summed E-state index contributed by atoms with van der Waals surface area (Å²) in [6.45, 7) is 2.56. The topological polar surface area (TPSA) is 50.4 Å². The Balaban J connectivity index is 1.67.